The van der Waals surface area contributed by atoms with Crippen molar-refractivity contribution >= 4 is 29.2 Å². The standard InChI is InChI=1S/C20H26N6O2S/c1-5-26-15(23-24-19(26)29)10-21-17(27)12-8-13(11-6-7-11)22-18-16(12)14(25-28-18)9-20(2,3)4/h8,11H,5-7,9-10H2,1-4H3,(H,21,27)(H,24,29). The number of nitrogens with zero attached hydrogens (tertiary/aromatic N) is 4. The third kappa shape index (κ3) is 4.10. The molecule has 4 rings (SSSR count). The lowest BCUT2D eigenvalue weighted by Gasteiger charge is -2.16. The molecular weight excluding hydrogens is 388 g/mol. The number of rotatable bonds is 6. The molecule has 1 aliphatic rings. The van der Waals surface area contributed by atoms with Crippen molar-refractivity contribution in [3.63, 3.8) is 0 Å². The van der Waals surface area contributed by atoms with Gasteiger partial charge in [-0.25, -0.2) is 4.98 Å². The Morgan fingerprint density at radius 3 is 2.83 bits per heavy atom. The van der Waals surface area contributed by atoms with Gasteiger partial charge in [0, 0.05) is 18.2 Å². The van der Waals surface area contributed by atoms with Gasteiger partial charge in [-0.05, 0) is 49.9 Å². The molecule has 0 atom stereocenters. The number of pyridine rings is 1. The van der Waals surface area contributed by atoms with Crippen LogP contribution >= 0.6 is 12.2 Å². The largest absolute Gasteiger partial charge is 0.345 e. The molecule has 3 aromatic rings. The van der Waals surface area contributed by atoms with Crippen molar-refractivity contribution in [2.45, 2.75) is 66.0 Å². The molecule has 1 amide bonds. The summed E-state index contributed by atoms with van der Waals surface area (Å²) in [5.74, 6) is 0.909. The third-order valence-corrected chi connectivity index (χ3v) is 5.35. The monoisotopic (exact) mass is 414 g/mol. The summed E-state index contributed by atoms with van der Waals surface area (Å²) in [5, 5.41) is 14.9. The number of aromatic amines is 1. The minimum atomic E-state index is -0.186. The molecule has 3 heterocycles. The lowest BCUT2D eigenvalue weighted by Crippen LogP contribution is -2.25. The predicted molar refractivity (Wildman–Crippen MR) is 111 cm³/mol. The van der Waals surface area contributed by atoms with Gasteiger partial charge < -0.3 is 14.4 Å². The highest BCUT2D eigenvalue weighted by molar-refractivity contribution is 7.71. The van der Waals surface area contributed by atoms with Crippen LogP contribution in [0.4, 0.5) is 0 Å². The number of carbonyl (C=O) groups is 1. The first-order valence-corrected chi connectivity index (χ1v) is 10.4. The second kappa shape index (κ2) is 7.37. The molecule has 8 nitrogen and oxygen atoms in total. The van der Waals surface area contributed by atoms with E-state index in [4.69, 9.17) is 16.7 Å². The Morgan fingerprint density at radius 2 is 2.17 bits per heavy atom. The molecule has 1 saturated carbocycles. The zero-order valence-corrected chi connectivity index (χ0v) is 18.0. The second-order valence-electron chi connectivity index (χ2n) is 8.79. The van der Waals surface area contributed by atoms with Crippen molar-refractivity contribution in [3.8, 4) is 0 Å². The van der Waals surface area contributed by atoms with Gasteiger partial charge in [0.2, 0.25) is 0 Å². The zero-order valence-electron chi connectivity index (χ0n) is 17.2. The molecule has 29 heavy (non-hydrogen) atoms. The van der Waals surface area contributed by atoms with Gasteiger partial charge in [-0.15, -0.1) is 0 Å². The highest BCUT2D eigenvalue weighted by Crippen LogP contribution is 2.40. The minimum absolute atomic E-state index is 0.00822. The first kappa shape index (κ1) is 19.8. The van der Waals surface area contributed by atoms with Crippen LogP contribution in [0, 0.1) is 10.2 Å². The smallest absolute Gasteiger partial charge is 0.259 e. The van der Waals surface area contributed by atoms with Crippen LogP contribution in [0.3, 0.4) is 0 Å². The molecule has 1 fully saturated rings. The van der Waals surface area contributed by atoms with Gasteiger partial charge in [0.25, 0.3) is 11.6 Å². The van der Waals surface area contributed by atoms with E-state index in [2.05, 4.69) is 46.4 Å². The lowest BCUT2D eigenvalue weighted by molar-refractivity contribution is 0.0950. The van der Waals surface area contributed by atoms with Crippen LogP contribution < -0.4 is 5.32 Å². The fraction of sp³-hybridized carbons (Fsp3) is 0.550. The molecule has 3 aromatic heterocycles. The zero-order chi connectivity index (χ0) is 20.8. The van der Waals surface area contributed by atoms with E-state index >= 15 is 0 Å². The molecule has 2 N–H and O–H groups in total. The summed E-state index contributed by atoms with van der Waals surface area (Å²) in [7, 11) is 0. The quantitative estimate of drug-likeness (QED) is 0.593. The SMILES string of the molecule is CCn1c(CNC(=O)c2cc(C3CC3)nc3onc(CC(C)(C)C)c23)n[nH]c1=S. The number of H-pyrrole nitrogens is 1. The number of hydrogen-bond donors (Lipinski definition) is 2. The van der Waals surface area contributed by atoms with Gasteiger partial charge in [0.15, 0.2) is 10.6 Å². The molecule has 0 aromatic carbocycles. The van der Waals surface area contributed by atoms with E-state index in [1.807, 2.05) is 17.6 Å². The van der Waals surface area contributed by atoms with Crippen LogP contribution in [-0.4, -0.2) is 30.8 Å². The van der Waals surface area contributed by atoms with Crippen LogP contribution in [0.1, 0.15) is 74.0 Å². The van der Waals surface area contributed by atoms with E-state index in [0.29, 0.717) is 46.1 Å². The molecule has 0 aliphatic heterocycles. The molecule has 0 saturated heterocycles. The highest BCUT2D eigenvalue weighted by atomic mass is 32.1. The van der Waals surface area contributed by atoms with Crippen molar-refractivity contribution in [2.24, 2.45) is 5.41 Å². The fourth-order valence-corrected chi connectivity index (χ4v) is 3.77. The molecule has 0 radical (unpaired) electrons. The van der Waals surface area contributed by atoms with E-state index in [9.17, 15) is 4.79 Å². The maximum Gasteiger partial charge on any atom is 0.259 e. The lowest BCUT2D eigenvalue weighted by atomic mass is 9.89. The fourth-order valence-electron chi connectivity index (χ4n) is 3.49. The summed E-state index contributed by atoms with van der Waals surface area (Å²) in [6.45, 7) is 9.35. The van der Waals surface area contributed by atoms with E-state index in [0.717, 1.165) is 24.2 Å². The van der Waals surface area contributed by atoms with Crippen molar-refractivity contribution in [3.05, 3.63) is 33.6 Å². The van der Waals surface area contributed by atoms with Crippen molar-refractivity contribution < 1.29 is 9.32 Å². The Balaban J connectivity index is 1.69. The number of fused-ring (bicyclic) bond motifs is 1. The molecular formula is C20H26N6O2S. The van der Waals surface area contributed by atoms with Crippen LogP contribution in [0.5, 0.6) is 0 Å². The third-order valence-electron chi connectivity index (χ3n) is 5.04. The summed E-state index contributed by atoms with van der Waals surface area (Å²) in [4.78, 5) is 17.8. The summed E-state index contributed by atoms with van der Waals surface area (Å²) >= 11 is 5.22. The number of carbonyl (C=O) groups excluding carboxylic acids is 1. The maximum atomic E-state index is 13.2. The number of hydrogen-bond acceptors (Lipinski definition) is 6. The molecule has 1 aliphatic carbocycles. The molecule has 0 bridgehead atoms. The van der Waals surface area contributed by atoms with E-state index in [-0.39, 0.29) is 17.9 Å². The Bertz CT molecular complexity index is 1120. The number of aromatic nitrogens is 5. The predicted octanol–water partition coefficient (Wildman–Crippen LogP) is 3.89. The number of amides is 1. The molecule has 0 spiro atoms. The molecule has 9 heteroatoms. The van der Waals surface area contributed by atoms with Crippen LogP contribution in [0.2, 0.25) is 0 Å². The average molecular weight is 415 g/mol. The number of nitrogens with one attached hydrogen (secondary N) is 2. The first-order valence-electron chi connectivity index (χ1n) is 9.98. The van der Waals surface area contributed by atoms with Crippen LogP contribution in [-0.2, 0) is 19.5 Å². The van der Waals surface area contributed by atoms with Gasteiger partial charge >= 0.3 is 0 Å². The van der Waals surface area contributed by atoms with Gasteiger partial charge in [-0.2, -0.15) is 5.10 Å². The topological polar surface area (TPSA) is 102 Å². The van der Waals surface area contributed by atoms with Gasteiger partial charge in [-0.1, -0.05) is 25.9 Å². The van der Waals surface area contributed by atoms with Crippen molar-refractivity contribution in [2.75, 3.05) is 0 Å². The van der Waals surface area contributed by atoms with E-state index < -0.39 is 0 Å². The summed E-state index contributed by atoms with van der Waals surface area (Å²) in [5.41, 5.74) is 2.68. The van der Waals surface area contributed by atoms with E-state index in [1.54, 1.807) is 0 Å². The Kier molecular flexibility index (Phi) is 5.02. The normalized spacial score (nSPS) is 14.5. The molecule has 154 valence electrons. The summed E-state index contributed by atoms with van der Waals surface area (Å²) in [6.07, 6.45) is 2.88. The molecule has 0 unspecified atom stereocenters. The highest BCUT2D eigenvalue weighted by Gasteiger charge is 2.30. The summed E-state index contributed by atoms with van der Waals surface area (Å²) < 4.78 is 7.94. The van der Waals surface area contributed by atoms with E-state index in [1.165, 1.54) is 0 Å². The van der Waals surface area contributed by atoms with Crippen molar-refractivity contribution in [1.82, 2.24) is 30.2 Å². The van der Waals surface area contributed by atoms with Gasteiger partial charge in [0.1, 0.15) is 0 Å². The minimum Gasteiger partial charge on any atom is -0.345 e. The average Bonchev–Trinajstić information content (AvgIpc) is 3.35. The Hall–Kier alpha value is -2.55. The van der Waals surface area contributed by atoms with Gasteiger partial charge in [0.05, 0.1) is 23.2 Å². The van der Waals surface area contributed by atoms with Crippen molar-refractivity contribution in [1.29, 1.82) is 0 Å². The summed E-state index contributed by atoms with van der Waals surface area (Å²) in [6, 6.07) is 1.90. The first-order chi connectivity index (χ1) is 13.8. The van der Waals surface area contributed by atoms with Crippen LogP contribution in [0.25, 0.3) is 11.1 Å². The maximum absolute atomic E-state index is 13.2. The second-order valence-corrected chi connectivity index (χ2v) is 9.17. The van der Waals surface area contributed by atoms with Crippen LogP contribution in [0.15, 0.2) is 10.6 Å². The Labute approximate surface area is 174 Å². The van der Waals surface area contributed by atoms with Gasteiger partial charge in [-0.3, -0.25) is 9.89 Å². The Morgan fingerprint density at radius 1 is 1.41 bits per heavy atom.